The number of aromatic nitrogens is 2. The van der Waals surface area contributed by atoms with Gasteiger partial charge in [-0.2, -0.15) is 0 Å². The van der Waals surface area contributed by atoms with Crippen molar-refractivity contribution < 1.29 is 18.7 Å². The van der Waals surface area contributed by atoms with E-state index in [4.69, 9.17) is 9.47 Å². The first kappa shape index (κ1) is 17.1. The van der Waals surface area contributed by atoms with Crippen molar-refractivity contribution in [2.24, 2.45) is 0 Å². The summed E-state index contributed by atoms with van der Waals surface area (Å²) in [6, 6.07) is 11.7. The fourth-order valence-electron chi connectivity index (χ4n) is 3.37. The molecule has 0 fully saturated rings. The van der Waals surface area contributed by atoms with Crippen LogP contribution >= 0.6 is 0 Å². The topological polar surface area (TPSA) is 65.4 Å². The number of imidazole rings is 1. The van der Waals surface area contributed by atoms with Crippen LogP contribution in [0.2, 0.25) is 0 Å². The highest BCUT2D eigenvalue weighted by Crippen LogP contribution is 2.39. The highest BCUT2D eigenvalue weighted by molar-refractivity contribution is 5.94. The number of rotatable bonds is 4. The number of hydrogen-bond acceptors (Lipinski definition) is 4. The van der Waals surface area contributed by atoms with Crippen LogP contribution < -0.4 is 14.8 Å². The lowest BCUT2D eigenvalue weighted by Crippen LogP contribution is -2.25. The Hall–Kier alpha value is -3.35. The molecule has 7 heteroatoms. The molecule has 1 aliphatic heterocycles. The van der Waals surface area contributed by atoms with E-state index in [1.54, 1.807) is 55.4 Å². The van der Waals surface area contributed by atoms with Crippen molar-refractivity contribution in [3.05, 3.63) is 65.9 Å². The molecular weight excluding hydrogens is 349 g/mol. The quantitative estimate of drug-likeness (QED) is 0.766. The van der Waals surface area contributed by atoms with Gasteiger partial charge in [-0.1, -0.05) is 12.1 Å². The molecule has 138 valence electrons. The van der Waals surface area contributed by atoms with Crippen molar-refractivity contribution in [2.45, 2.75) is 12.3 Å². The predicted molar refractivity (Wildman–Crippen MR) is 98.2 cm³/mol. The Morgan fingerprint density at radius 2 is 2.04 bits per heavy atom. The molecule has 3 aromatic rings. The Bertz CT molecular complexity index is 1020. The number of fused-ring (bicyclic) bond motifs is 1. The minimum Gasteiger partial charge on any atom is -0.497 e. The van der Waals surface area contributed by atoms with E-state index in [0.717, 1.165) is 0 Å². The molecule has 1 atom stereocenters. The van der Waals surface area contributed by atoms with E-state index >= 15 is 0 Å². The fourth-order valence-corrected chi connectivity index (χ4v) is 3.37. The smallest absolute Gasteiger partial charge is 0.226 e. The largest absolute Gasteiger partial charge is 0.497 e. The van der Waals surface area contributed by atoms with Crippen molar-refractivity contribution in [2.75, 3.05) is 19.5 Å². The highest BCUT2D eigenvalue weighted by Gasteiger charge is 2.31. The van der Waals surface area contributed by atoms with Crippen LogP contribution in [0.15, 0.2) is 48.8 Å². The van der Waals surface area contributed by atoms with Crippen LogP contribution in [0.1, 0.15) is 23.6 Å². The molecule has 1 amide bonds. The van der Waals surface area contributed by atoms with Gasteiger partial charge in [-0.15, -0.1) is 0 Å². The number of carbonyl (C=O) groups excluding carboxylic acids is 1. The highest BCUT2D eigenvalue weighted by atomic mass is 19.1. The van der Waals surface area contributed by atoms with Gasteiger partial charge in [0.05, 0.1) is 25.6 Å². The summed E-state index contributed by atoms with van der Waals surface area (Å²) in [4.78, 5) is 16.9. The van der Waals surface area contributed by atoms with Crippen LogP contribution in [0, 0.1) is 5.82 Å². The average Bonchev–Trinajstić information content (AvgIpc) is 3.10. The molecule has 6 nitrogen and oxygen atoms in total. The lowest BCUT2D eigenvalue weighted by molar-refractivity contribution is -0.116. The van der Waals surface area contributed by atoms with Crippen LogP contribution in [0.4, 0.5) is 10.2 Å². The summed E-state index contributed by atoms with van der Waals surface area (Å²) >= 11 is 0. The number of halogens is 1. The molecule has 0 bridgehead atoms. The predicted octanol–water partition coefficient (Wildman–Crippen LogP) is 3.50. The van der Waals surface area contributed by atoms with Crippen LogP contribution in [-0.4, -0.2) is 29.7 Å². The first-order valence-electron chi connectivity index (χ1n) is 8.45. The minimum absolute atomic E-state index is 0.152. The van der Waals surface area contributed by atoms with Crippen LogP contribution in [0.3, 0.4) is 0 Å². The maximum atomic E-state index is 13.7. The summed E-state index contributed by atoms with van der Waals surface area (Å²) in [7, 11) is 3.15. The fraction of sp³-hybridized carbons (Fsp3) is 0.200. The minimum atomic E-state index is -0.339. The number of hydrogen-bond donors (Lipinski definition) is 1. The number of carbonyl (C=O) groups is 1. The first-order chi connectivity index (χ1) is 13.1. The van der Waals surface area contributed by atoms with Gasteiger partial charge in [0.15, 0.2) is 0 Å². The van der Waals surface area contributed by atoms with Crippen molar-refractivity contribution in [1.29, 1.82) is 0 Å². The van der Waals surface area contributed by atoms with E-state index in [0.29, 0.717) is 34.3 Å². The second-order valence-corrected chi connectivity index (χ2v) is 6.25. The zero-order valence-corrected chi connectivity index (χ0v) is 14.9. The van der Waals surface area contributed by atoms with E-state index in [2.05, 4.69) is 10.3 Å². The van der Waals surface area contributed by atoms with E-state index in [1.165, 1.54) is 12.1 Å². The number of methoxy groups -OCH3 is 2. The van der Waals surface area contributed by atoms with Gasteiger partial charge in [0.1, 0.15) is 29.5 Å². The third kappa shape index (κ3) is 3.01. The van der Waals surface area contributed by atoms with Gasteiger partial charge in [0, 0.05) is 18.4 Å². The Labute approximate surface area is 155 Å². The maximum absolute atomic E-state index is 13.7. The summed E-state index contributed by atoms with van der Waals surface area (Å²) in [6.45, 7) is 0. The number of anilines is 1. The molecule has 0 radical (unpaired) electrons. The molecule has 27 heavy (non-hydrogen) atoms. The van der Waals surface area contributed by atoms with Crippen molar-refractivity contribution in [3.8, 4) is 17.2 Å². The lowest BCUT2D eigenvalue weighted by atomic mass is 9.90. The van der Waals surface area contributed by atoms with Gasteiger partial charge in [-0.3, -0.25) is 9.36 Å². The van der Waals surface area contributed by atoms with Gasteiger partial charge < -0.3 is 14.8 Å². The summed E-state index contributed by atoms with van der Waals surface area (Å²) < 4.78 is 26.2. The number of ether oxygens (including phenoxy) is 2. The van der Waals surface area contributed by atoms with E-state index < -0.39 is 0 Å². The van der Waals surface area contributed by atoms with Gasteiger partial charge in [0.2, 0.25) is 5.91 Å². The van der Waals surface area contributed by atoms with Gasteiger partial charge in [0.25, 0.3) is 0 Å². The molecule has 0 aliphatic carbocycles. The molecular formula is C20H18FN3O3. The third-order valence-electron chi connectivity index (χ3n) is 4.67. The van der Waals surface area contributed by atoms with E-state index in [9.17, 15) is 9.18 Å². The molecule has 0 saturated carbocycles. The molecule has 2 aromatic carbocycles. The average molecular weight is 367 g/mol. The Balaban J connectivity index is 1.85. The number of benzene rings is 2. The molecule has 0 spiro atoms. The molecule has 1 aromatic heterocycles. The maximum Gasteiger partial charge on any atom is 0.226 e. The van der Waals surface area contributed by atoms with Crippen molar-refractivity contribution >= 4 is 11.7 Å². The SMILES string of the molecule is COc1ccc(OC)c(-n2cnc3c2NC(=O)C[C@H]3c2cccc(F)c2)c1. The molecule has 1 aliphatic rings. The van der Waals surface area contributed by atoms with Crippen LogP contribution in [-0.2, 0) is 4.79 Å². The molecule has 0 saturated heterocycles. The van der Waals surface area contributed by atoms with Crippen LogP contribution in [0.5, 0.6) is 11.5 Å². The zero-order valence-electron chi connectivity index (χ0n) is 14.9. The van der Waals surface area contributed by atoms with Crippen molar-refractivity contribution in [1.82, 2.24) is 9.55 Å². The van der Waals surface area contributed by atoms with Crippen molar-refractivity contribution in [3.63, 3.8) is 0 Å². The number of nitrogens with one attached hydrogen (secondary N) is 1. The lowest BCUT2D eigenvalue weighted by Gasteiger charge is -2.24. The summed E-state index contributed by atoms with van der Waals surface area (Å²) in [5.74, 6) is 0.999. The summed E-state index contributed by atoms with van der Waals surface area (Å²) in [5.41, 5.74) is 2.09. The third-order valence-corrected chi connectivity index (χ3v) is 4.67. The Morgan fingerprint density at radius 1 is 1.19 bits per heavy atom. The Kier molecular flexibility index (Phi) is 4.27. The van der Waals surface area contributed by atoms with Crippen LogP contribution in [0.25, 0.3) is 5.69 Å². The summed E-state index contributed by atoms with van der Waals surface area (Å²) in [6.07, 6.45) is 1.84. The number of amides is 1. The molecule has 4 rings (SSSR count). The monoisotopic (exact) mass is 367 g/mol. The van der Waals surface area contributed by atoms with Gasteiger partial charge >= 0.3 is 0 Å². The first-order valence-corrected chi connectivity index (χ1v) is 8.45. The molecule has 1 N–H and O–H groups in total. The van der Waals surface area contributed by atoms with E-state index in [1.807, 2.05) is 0 Å². The molecule has 0 unspecified atom stereocenters. The standard InChI is InChI=1S/C20H18FN3O3/c1-26-14-6-7-17(27-2)16(9-14)24-11-22-19-15(10-18(25)23-20(19)24)12-4-3-5-13(21)8-12/h3-9,11,15H,10H2,1-2H3,(H,23,25)/t15-/m0/s1. The van der Waals surface area contributed by atoms with Gasteiger partial charge in [-0.25, -0.2) is 9.37 Å². The van der Waals surface area contributed by atoms with E-state index in [-0.39, 0.29) is 24.1 Å². The normalized spacial score (nSPS) is 15.8. The summed E-state index contributed by atoms with van der Waals surface area (Å²) in [5, 5.41) is 2.88. The second kappa shape index (κ2) is 6.75. The van der Waals surface area contributed by atoms with Gasteiger partial charge in [-0.05, 0) is 29.8 Å². The number of nitrogens with zero attached hydrogens (tertiary/aromatic N) is 2. The molecule has 2 heterocycles. The Morgan fingerprint density at radius 3 is 2.78 bits per heavy atom. The second-order valence-electron chi connectivity index (χ2n) is 6.25. The zero-order chi connectivity index (χ0) is 19.0.